The molecule has 0 aliphatic carbocycles. The van der Waals surface area contributed by atoms with Gasteiger partial charge in [-0.25, -0.2) is 9.97 Å². The van der Waals surface area contributed by atoms with E-state index in [1.165, 1.54) is 5.57 Å². The number of nitriles is 1. The lowest BCUT2D eigenvalue weighted by Crippen LogP contribution is -2.41. The van der Waals surface area contributed by atoms with Gasteiger partial charge in [-0.05, 0) is 30.7 Å². The zero-order valence-electron chi connectivity index (χ0n) is 10.1. The maximum atomic E-state index is 9.22. The lowest BCUT2D eigenvalue weighted by atomic mass is 10.1. The molecule has 0 unspecified atom stereocenters. The summed E-state index contributed by atoms with van der Waals surface area (Å²) in [6.07, 6.45) is 3.83. The maximum Gasteiger partial charge on any atom is 0.161 e. The number of fused-ring (bicyclic) bond motifs is 1. The van der Waals surface area contributed by atoms with Gasteiger partial charge in [-0.15, -0.1) is 0 Å². The van der Waals surface area contributed by atoms with E-state index in [-0.39, 0.29) is 0 Å². The van der Waals surface area contributed by atoms with Crippen LogP contribution in [0.2, 0.25) is 0 Å². The smallest absolute Gasteiger partial charge is 0.161 e. The number of hydrogen-bond acceptors (Lipinski definition) is 4. The van der Waals surface area contributed by atoms with E-state index in [0.29, 0.717) is 11.2 Å². The molecule has 2 aromatic heterocycles. The Morgan fingerprint density at radius 1 is 1.44 bits per heavy atom. The van der Waals surface area contributed by atoms with Crippen LogP contribution in [0.5, 0.6) is 0 Å². The number of allylic oxidation sites excluding steroid dienone is 1. The fourth-order valence-corrected chi connectivity index (χ4v) is 2.10. The lowest BCUT2D eigenvalue weighted by molar-refractivity contribution is 0.755. The van der Waals surface area contributed by atoms with E-state index in [0.717, 1.165) is 24.3 Å². The second kappa shape index (κ2) is 4.11. The quantitative estimate of drug-likeness (QED) is 0.713. The van der Waals surface area contributed by atoms with Crippen LogP contribution in [0, 0.1) is 11.3 Å². The van der Waals surface area contributed by atoms with Crippen LogP contribution >= 0.6 is 0 Å². The van der Waals surface area contributed by atoms with E-state index in [9.17, 15) is 5.26 Å². The van der Waals surface area contributed by atoms with Gasteiger partial charge in [0.2, 0.25) is 0 Å². The van der Waals surface area contributed by atoms with Gasteiger partial charge in [0.1, 0.15) is 11.9 Å². The van der Waals surface area contributed by atoms with E-state index in [1.54, 1.807) is 6.20 Å². The van der Waals surface area contributed by atoms with E-state index >= 15 is 0 Å². The van der Waals surface area contributed by atoms with Gasteiger partial charge >= 0.3 is 0 Å². The van der Waals surface area contributed by atoms with Crippen molar-refractivity contribution in [2.24, 2.45) is 0 Å². The highest BCUT2D eigenvalue weighted by Gasteiger charge is 2.23. The summed E-state index contributed by atoms with van der Waals surface area (Å²) in [5.41, 5.74) is 2.69. The van der Waals surface area contributed by atoms with Crippen LogP contribution < -0.4 is 4.90 Å². The predicted molar refractivity (Wildman–Crippen MR) is 70.2 cm³/mol. The van der Waals surface area contributed by atoms with Crippen LogP contribution in [-0.4, -0.2) is 23.1 Å². The Bertz CT molecular complexity index is 674. The number of nitrogens with zero attached hydrogens (tertiary/aromatic N) is 4. The number of hydrogen-bond donors (Lipinski definition) is 0. The molecular weight excluding hydrogens is 224 g/mol. The molecule has 1 fully saturated rings. The lowest BCUT2D eigenvalue weighted by Gasteiger charge is -2.35. The van der Waals surface area contributed by atoms with Crippen LogP contribution in [0.1, 0.15) is 12.5 Å². The third-order valence-corrected chi connectivity index (χ3v) is 3.19. The van der Waals surface area contributed by atoms with Crippen LogP contribution in [0.15, 0.2) is 36.0 Å². The molecule has 0 aromatic carbocycles. The van der Waals surface area contributed by atoms with Crippen LogP contribution in [-0.2, 0) is 0 Å². The summed E-state index contributed by atoms with van der Waals surface area (Å²) in [5.74, 6) is 0.745. The molecule has 1 aliphatic rings. The predicted octanol–water partition coefficient (Wildman–Crippen LogP) is 2.27. The monoisotopic (exact) mass is 236 g/mol. The third kappa shape index (κ3) is 1.61. The Hall–Kier alpha value is -2.41. The van der Waals surface area contributed by atoms with E-state index in [1.807, 2.05) is 25.1 Å². The highest BCUT2D eigenvalue weighted by atomic mass is 15.2. The normalized spacial score (nSPS) is 14.2. The minimum Gasteiger partial charge on any atom is -0.347 e. The molecule has 0 atom stereocenters. The molecular formula is C14H12N4. The van der Waals surface area contributed by atoms with Crippen molar-refractivity contribution in [2.45, 2.75) is 6.92 Å². The summed E-state index contributed by atoms with van der Waals surface area (Å²) in [7, 11) is 0. The summed E-state index contributed by atoms with van der Waals surface area (Å²) in [4.78, 5) is 10.8. The molecule has 0 radical (unpaired) electrons. The maximum absolute atomic E-state index is 9.22. The molecule has 3 rings (SSSR count). The Morgan fingerprint density at radius 2 is 2.28 bits per heavy atom. The number of aromatic nitrogens is 2. The highest BCUT2D eigenvalue weighted by molar-refractivity contribution is 5.80. The van der Waals surface area contributed by atoms with Crippen LogP contribution in [0.25, 0.3) is 11.0 Å². The SMILES string of the molecule is CC=C1CN(c2nc3ncccc3cc2C#N)C1. The molecule has 18 heavy (non-hydrogen) atoms. The first-order valence-electron chi connectivity index (χ1n) is 5.86. The molecule has 1 saturated heterocycles. The van der Waals surface area contributed by atoms with Crippen molar-refractivity contribution in [3.8, 4) is 6.07 Å². The number of anilines is 1. The molecule has 4 heteroatoms. The van der Waals surface area contributed by atoms with Crippen molar-refractivity contribution in [1.82, 2.24) is 9.97 Å². The summed E-state index contributed by atoms with van der Waals surface area (Å²) in [6.45, 7) is 3.75. The Labute approximate surface area is 105 Å². The summed E-state index contributed by atoms with van der Waals surface area (Å²) < 4.78 is 0. The second-order valence-electron chi connectivity index (χ2n) is 4.32. The second-order valence-corrected chi connectivity index (χ2v) is 4.32. The van der Waals surface area contributed by atoms with Crippen LogP contribution in [0.3, 0.4) is 0 Å². The molecule has 1 aliphatic heterocycles. The number of pyridine rings is 2. The van der Waals surface area contributed by atoms with Crippen molar-refractivity contribution < 1.29 is 0 Å². The standard InChI is InChI=1S/C14H12N4/c1-2-10-8-18(9-10)14-12(7-15)6-11-4-3-5-16-13(11)17-14/h2-6H,8-9H2,1H3. The minimum absolute atomic E-state index is 0.616. The number of rotatable bonds is 1. The Kier molecular flexibility index (Phi) is 2.45. The summed E-state index contributed by atoms with van der Waals surface area (Å²) in [5, 5.41) is 10.1. The molecule has 0 N–H and O–H groups in total. The zero-order chi connectivity index (χ0) is 12.5. The first kappa shape index (κ1) is 10.7. The van der Waals surface area contributed by atoms with Gasteiger partial charge in [0.25, 0.3) is 0 Å². The van der Waals surface area contributed by atoms with Gasteiger partial charge in [0.05, 0.1) is 5.56 Å². The largest absolute Gasteiger partial charge is 0.347 e. The van der Waals surface area contributed by atoms with Gasteiger partial charge in [-0.1, -0.05) is 6.08 Å². The van der Waals surface area contributed by atoms with E-state index in [2.05, 4.69) is 27.0 Å². The molecule has 0 bridgehead atoms. The molecule has 0 saturated carbocycles. The first-order chi connectivity index (χ1) is 8.81. The van der Waals surface area contributed by atoms with Gasteiger partial charge < -0.3 is 4.90 Å². The molecule has 0 amide bonds. The van der Waals surface area contributed by atoms with E-state index < -0.39 is 0 Å². The molecule has 2 aromatic rings. The van der Waals surface area contributed by atoms with Gasteiger partial charge in [0, 0.05) is 24.7 Å². The Balaban J connectivity index is 2.08. The van der Waals surface area contributed by atoms with Crippen molar-refractivity contribution in [1.29, 1.82) is 5.26 Å². The van der Waals surface area contributed by atoms with Crippen molar-refractivity contribution in [2.75, 3.05) is 18.0 Å². The molecule has 4 nitrogen and oxygen atoms in total. The summed E-state index contributed by atoms with van der Waals surface area (Å²) in [6, 6.07) is 7.86. The average molecular weight is 236 g/mol. The molecule has 3 heterocycles. The van der Waals surface area contributed by atoms with E-state index in [4.69, 9.17) is 0 Å². The molecule has 0 spiro atoms. The Morgan fingerprint density at radius 3 is 3.00 bits per heavy atom. The van der Waals surface area contributed by atoms with Crippen molar-refractivity contribution >= 4 is 16.9 Å². The summed E-state index contributed by atoms with van der Waals surface area (Å²) >= 11 is 0. The van der Waals surface area contributed by atoms with Crippen molar-refractivity contribution in [3.63, 3.8) is 0 Å². The first-order valence-corrected chi connectivity index (χ1v) is 5.86. The topological polar surface area (TPSA) is 52.8 Å². The molecule has 88 valence electrons. The zero-order valence-corrected chi connectivity index (χ0v) is 10.1. The third-order valence-electron chi connectivity index (χ3n) is 3.19. The van der Waals surface area contributed by atoms with Gasteiger partial charge in [-0.3, -0.25) is 0 Å². The van der Waals surface area contributed by atoms with Gasteiger partial charge in [0.15, 0.2) is 5.65 Å². The fourth-order valence-electron chi connectivity index (χ4n) is 2.10. The van der Waals surface area contributed by atoms with Gasteiger partial charge in [-0.2, -0.15) is 5.26 Å². The minimum atomic E-state index is 0.616. The fraction of sp³-hybridized carbons (Fsp3) is 0.214. The van der Waals surface area contributed by atoms with Crippen molar-refractivity contribution in [3.05, 3.63) is 41.6 Å². The highest BCUT2D eigenvalue weighted by Crippen LogP contribution is 2.27. The van der Waals surface area contributed by atoms with Crippen LogP contribution in [0.4, 0.5) is 5.82 Å². The average Bonchev–Trinajstić information content (AvgIpc) is 2.36.